The van der Waals surface area contributed by atoms with Crippen LogP contribution in [0.15, 0.2) is 0 Å². The van der Waals surface area contributed by atoms with Crippen LogP contribution in [0, 0.1) is 13.8 Å². The summed E-state index contributed by atoms with van der Waals surface area (Å²) in [5.41, 5.74) is 1.12. The number of rotatable bonds is 1. The third kappa shape index (κ3) is 1.54. The van der Waals surface area contributed by atoms with Gasteiger partial charge in [-0.3, -0.25) is 0 Å². The second kappa shape index (κ2) is 2.83. The molecule has 0 unspecified atom stereocenters. The molecule has 1 aromatic heterocycles. The third-order valence-electron chi connectivity index (χ3n) is 1.11. The number of aryl methyl sites for hydroxylation is 2. The molecule has 0 aromatic carbocycles. The highest BCUT2D eigenvalue weighted by Crippen LogP contribution is 2.21. The molecule has 0 amide bonds. The van der Waals surface area contributed by atoms with Gasteiger partial charge in [0.15, 0.2) is 5.13 Å². The Morgan fingerprint density at radius 2 is 2.22 bits per heavy atom. The van der Waals surface area contributed by atoms with Crippen molar-refractivity contribution >= 4 is 39.3 Å². The van der Waals surface area contributed by atoms with Crippen LogP contribution in [0.2, 0.25) is 0 Å². The zero-order valence-corrected chi connectivity index (χ0v) is 8.21. The Bertz CT molecular complexity index is 189. The molecule has 2 nitrogen and oxygen atoms in total. The van der Waals surface area contributed by atoms with Crippen LogP contribution in [-0.4, -0.2) is 4.98 Å². The quantitative estimate of drug-likeness (QED) is 0.615. The van der Waals surface area contributed by atoms with Gasteiger partial charge in [-0.25, -0.2) is 4.98 Å². The van der Waals surface area contributed by atoms with Crippen LogP contribution in [0.25, 0.3) is 0 Å². The summed E-state index contributed by atoms with van der Waals surface area (Å²) in [5.74, 6) is 0. The molecule has 0 atom stereocenters. The molecule has 0 saturated carbocycles. The molecule has 0 bridgehead atoms. The molecule has 0 spiro atoms. The van der Waals surface area contributed by atoms with Gasteiger partial charge in [-0.15, -0.1) is 11.3 Å². The van der Waals surface area contributed by atoms with Crippen LogP contribution in [0.1, 0.15) is 10.6 Å². The van der Waals surface area contributed by atoms with Gasteiger partial charge in [-0.2, -0.15) is 0 Å². The summed E-state index contributed by atoms with van der Waals surface area (Å²) in [7, 11) is 0. The molecule has 1 rings (SSSR count). The van der Waals surface area contributed by atoms with Crippen LogP contribution in [0.4, 0.5) is 5.13 Å². The molecule has 1 aromatic rings. The van der Waals surface area contributed by atoms with Crippen molar-refractivity contribution in [3.63, 3.8) is 0 Å². The van der Waals surface area contributed by atoms with Gasteiger partial charge in [-0.05, 0) is 13.8 Å². The first-order valence-electron chi connectivity index (χ1n) is 2.54. The fourth-order valence-electron chi connectivity index (χ4n) is 0.513. The molecule has 0 fully saturated rings. The lowest BCUT2D eigenvalue weighted by molar-refractivity contribution is 1.24. The smallest absolute Gasteiger partial charge is 0.191 e. The maximum atomic E-state index is 4.23. The summed E-state index contributed by atoms with van der Waals surface area (Å²) < 4.78 is 2.97. The molecule has 50 valence electrons. The summed E-state index contributed by atoms with van der Waals surface area (Å²) in [4.78, 5) is 5.51. The maximum absolute atomic E-state index is 4.23. The van der Waals surface area contributed by atoms with Crippen molar-refractivity contribution in [1.82, 2.24) is 4.98 Å². The van der Waals surface area contributed by atoms with Crippen LogP contribution < -0.4 is 3.53 Å². The Morgan fingerprint density at radius 3 is 2.44 bits per heavy atom. The van der Waals surface area contributed by atoms with Gasteiger partial charge < -0.3 is 3.53 Å². The summed E-state index contributed by atoms with van der Waals surface area (Å²) in [6.07, 6.45) is 0. The number of hydrogen-bond donors (Lipinski definition) is 1. The normalized spacial score (nSPS) is 9.67. The number of anilines is 1. The SMILES string of the molecule is Cc1nc(NI)sc1C. The van der Waals surface area contributed by atoms with E-state index in [1.807, 2.05) is 6.92 Å². The van der Waals surface area contributed by atoms with Crippen molar-refractivity contribution in [1.29, 1.82) is 0 Å². The van der Waals surface area contributed by atoms with E-state index in [0.717, 1.165) is 10.8 Å². The third-order valence-corrected chi connectivity index (χ3v) is 2.97. The Balaban J connectivity index is 2.98. The van der Waals surface area contributed by atoms with Crippen molar-refractivity contribution < 1.29 is 0 Å². The predicted octanol–water partition coefficient (Wildman–Crippen LogP) is 2.52. The van der Waals surface area contributed by atoms with Crippen molar-refractivity contribution in [3.8, 4) is 0 Å². The molecule has 1 N–H and O–H groups in total. The van der Waals surface area contributed by atoms with E-state index in [1.54, 1.807) is 11.3 Å². The highest BCUT2D eigenvalue weighted by molar-refractivity contribution is 14.1. The maximum Gasteiger partial charge on any atom is 0.191 e. The van der Waals surface area contributed by atoms with Crippen molar-refractivity contribution in [2.24, 2.45) is 0 Å². The number of nitrogens with one attached hydrogen (secondary N) is 1. The van der Waals surface area contributed by atoms with Gasteiger partial charge in [-0.1, -0.05) is 0 Å². The van der Waals surface area contributed by atoms with Gasteiger partial charge >= 0.3 is 0 Å². The lowest BCUT2D eigenvalue weighted by atomic mass is 10.4. The average Bonchev–Trinajstić information content (AvgIpc) is 2.13. The first-order valence-corrected chi connectivity index (χ1v) is 4.44. The summed E-state index contributed by atoms with van der Waals surface area (Å²) in [6, 6.07) is 0. The Labute approximate surface area is 72.2 Å². The lowest BCUT2D eigenvalue weighted by Crippen LogP contribution is -1.76. The van der Waals surface area contributed by atoms with E-state index in [2.05, 4.69) is 38.3 Å². The average molecular weight is 254 g/mol. The van der Waals surface area contributed by atoms with E-state index in [9.17, 15) is 0 Å². The molecular formula is C5H7IN2S. The van der Waals surface area contributed by atoms with Gasteiger partial charge in [0.05, 0.1) is 28.6 Å². The van der Waals surface area contributed by atoms with Crippen molar-refractivity contribution in [2.75, 3.05) is 3.53 Å². The summed E-state index contributed by atoms with van der Waals surface area (Å²) in [6.45, 7) is 4.09. The van der Waals surface area contributed by atoms with Crippen LogP contribution >= 0.6 is 34.2 Å². The van der Waals surface area contributed by atoms with E-state index >= 15 is 0 Å². The molecule has 0 aliphatic heterocycles. The monoisotopic (exact) mass is 254 g/mol. The molecule has 4 heteroatoms. The minimum absolute atomic E-state index is 0.991. The van der Waals surface area contributed by atoms with Crippen molar-refractivity contribution in [3.05, 3.63) is 10.6 Å². The standard InChI is InChI=1S/C5H7IN2S/c1-3-4(2)9-5(7-3)8-6/h1-2H3,(H,7,8). The zero-order chi connectivity index (χ0) is 6.85. The van der Waals surface area contributed by atoms with Crippen molar-refractivity contribution in [2.45, 2.75) is 13.8 Å². The zero-order valence-electron chi connectivity index (χ0n) is 5.23. The minimum Gasteiger partial charge on any atom is -0.304 e. The van der Waals surface area contributed by atoms with E-state index in [1.165, 1.54) is 4.88 Å². The Morgan fingerprint density at radius 1 is 1.56 bits per heavy atom. The largest absolute Gasteiger partial charge is 0.304 e. The Kier molecular flexibility index (Phi) is 2.29. The molecular weight excluding hydrogens is 247 g/mol. The van der Waals surface area contributed by atoms with Crippen LogP contribution in [0.3, 0.4) is 0 Å². The molecule has 1 heterocycles. The van der Waals surface area contributed by atoms with E-state index in [4.69, 9.17) is 0 Å². The fraction of sp³-hybridized carbons (Fsp3) is 0.400. The Hall–Kier alpha value is 0.160. The first kappa shape index (κ1) is 7.27. The second-order valence-electron chi connectivity index (χ2n) is 1.76. The molecule has 0 radical (unpaired) electrons. The van der Waals surface area contributed by atoms with Gasteiger partial charge in [0, 0.05) is 4.88 Å². The highest BCUT2D eigenvalue weighted by Gasteiger charge is 1.99. The van der Waals surface area contributed by atoms with E-state index in [0.29, 0.717) is 0 Å². The first-order chi connectivity index (χ1) is 4.24. The summed E-state index contributed by atoms with van der Waals surface area (Å²) in [5, 5.41) is 0.991. The van der Waals surface area contributed by atoms with E-state index < -0.39 is 0 Å². The summed E-state index contributed by atoms with van der Waals surface area (Å²) >= 11 is 3.77. The van der Waals surface area contributed by atoms with Gasteiger partial charge in [0.25, 0.3) is 0 Å². The number of hydrogen-bond acceptors (Lipinski definition) is 3. The molecule has 0 saturated heterocycles. The second-order valence-corrected chi connectivity index (χ2v) is 3.50. The molecule has 0 aliphatic carbocycles. The predicted molar refractivity (Wildman–Crippen MR) is 49.2 cm³/mol. The minimum atomic E-state index is 0.991. The highest BCUT2D eigenvalue weighted by atomic mass is 127. The fourth-order valence-corrected chi connectivity index (χ4v) is 1.67. The van der Waals surface area contributed by atoms with Gasteiger partial charge in [0.1, 0.15) is 0 Å². The lowest BCUT2D eigenvalue weighted by Gasteiger charge is -1.82. The molecule has 9 heavy (non-hydrogen) atoms. The number of thiazole rings is 1. The number of halogens is 1. The molecule has 0 aliphatic rings. The van der Waals surface area contributed by atoms with Crippen LogP contribution in [0.5, 0.6) is 0 Å². The topological polar surface area (TPSA) is 24.9 Å². The van der Waals surface area contributed by atoms with Crippen LogP contribution in [-0.2, 0) is 0 Å². The van der Waals surface area contributed by atoms with Gasteiger partial charge in [0.2, 0.25) is 0 Å². The number of nitrogens with zero attached hydrogens (tertiary/aromatic N) is 1. The van der Waals surface area contributed by atoms with E-state index in [-0.39, 0.29) is 0 Å². The number of aromatic nitrogens is 1.